The second kappa shape index (κ2) is 10.6. The molecule has 3 aromatic rings. The van der Waals surface area contributed by atoms with Crippen LogP contribution in [-0.2, 0) is 9.53 Å². The van der Waals surface area contributed by atoms with Gasteiger partial charge in [0.25, 0.3) is 0 Å². The summed E-state index contributed by atoms with van der Waals surface area (Å²) in [6, 6.07) is 19.2. The molecular weight excluding hydrogens is 468 g/mol. The maximum atomic E-state index is 12.9. The van der Waals surface area contributed by atoms with Crippen LogP contribution in [-0.4, -0.2) is 35.7 Å². The number of nitrogens with one attached hydrogen (secondary N) is 2. The van der Waals surface area contributed by atoms with Crippen LogP contribution in [0.3, 0.4) is 0 Å². The Labute approximate surface area is 208 Å². The SMILES string of the molecule is CCC[C@H](NC(=O)OCC1c2ccccc2-c2ccccc21)C(=O)Nc1cc(C(=O)O)ccc1Cl. The van der Waals surface area contributed by atoms with Crippen LogP contribution in [0.1, 0.15) is 47.2 Å². The summed E-state index contributed by atoms with van der Waals surface area (Å²) in [6.45, 7) is 2.02. The molecule has 0 heterocycles. The predicted octanol–water partition coefficient (Wildman–Crippen LogP) is 5.68. The van der Waals surface area contributed by atoms with Gasteiger partial charge in [0, 0.05) is 5.92 Å². The number of ether oxygens (including phenoxy) is 1. The van der Waals surface area contributed by atoms with Crippen molar-refractivity contribution >= 4 is 35.3 Å². The van der Waals surface area contributed by atoms with Crippen LogP contribution in [0.4, 0.5) is 10.5 Å². The van der Waals surface area contributed by atoms with Gasteiger partial charge in [0.1, 0.15) is 12.6 Å². The number of hydrogen-bond donors (Lipinski definition) is 3. The molecule has 1 aliphatic rings. The molecule has 1 aliphatic carbocycles. The van der Waals surface area contributed by atoms with Gasteiger partial charge in [-0.05, 0) is 46.9 Å². The highest BCUT2D eigenvalue weighted by molar-refractivity contribution is 6.34. The van der Waals surface area contributed by atoms with Crippen molar-refractivity contribution in [3.05, 3.63) is 88.4 Å². The maximum Gasteiger partial charge on any atom is 0.407 e. The lowest BCUT2D eigenvalue weighted by Gasteiger charge is -2.20. The highest BCUT2D eigenvalue weighted by Crippen LogP contribution is 2.44. The highest BCUT2D eigenvalue weighted by atomic mass is 35.5. The lowest BCUT2D eigenvalue weighted by atomic mass is 9.98. The second-order valence-electron chi connectivity index (χ2n) is 8.30. The zero-order valence-corrected chi connectivity index (χ0v) is 19.8. The van der Waals surface area contributed by atoms with Crippen LogP contribution in [0.5, 0.6) is 0 Å². The molecule has 0 aliphatic heterocycles. The molecule has 0 unspecified atom stereocenters. The number of benzene rings is 3. The molecule has 0 fully saturated rings. The van der Waals surface area contributed by atoms with Gasteiger partial charge in [0.2, 0.25) is 5.91 Å². The summed E-state index contributed by atoms with van der Waals surface area (Å²) in [6.07, 6.45) is 0.294. The van der Waals surface area contributed by atoms with Crippen LogP contribution in [0.25, 0.3) is 11.1 Å². The summed E-state index contributed by atoms with van der Waals surface area (Å²) in [4.78, 5) is 36.8. The standard InChI is InChI=1S/C27H25ClN2O5/c1-2-7-23(25(31)29-24-14-16(26(32)33)12-13-22(24)28)30-27(34)35-15-21-19-10-5-3-8-17(19)18-9-4-6-11-20(18)21/h3-6,8-14,21,23H,2,7,15H2,1H3,(H,29,31)(H,30,34)(H,32,33)/t23-/m0/s1. The fraction of sp³-hybridized carbons (Fsp3) is 0.222. The van der Waals surface area contributed by atoms with Crippen molar-refractivity contribution < 1.29 is 24.2 Å². The molecule has 0 saturated carbocycles. The van der Waals surface area contributed by atoms with Gasteiger partial charge in [-0.3, -0.25) is 4.79 Å². The number of carbonyl (C=O) groups excluding carboxylic acids is 2. The molecule has 2 amide bonds. The molecule has 0 spiro atoms. The van der Waals surface area contributed by atoms with Crippen molar-refractivity contribution in [3.8, 4) is 11.1 Å². The Bertz CT molecular complexity index is 1230. The Morgan fingerprint density at radius 3 is 2.23 bits per heavy atom. The van der Waals surface area contributed by atoms with Crippen molar-refractivity contribution in [2.75, 3.05) is 11.9 Å². The van der Waals surface area contributed by atoms with Crippen LogP contribution in [0.2, 0.25) is 5.02 Å². The Morgan fingerprint density at radius 2 is 1.63 bits per heavy atom. The number of hydrogen-bond acceptors (Lipinski definition) is 4. The third-order valence-corrected chi connectivity index (χ3v) is 6.33. The summed E-state index contributed by atoms with van der Waals surface area (Å²) in [5, 5.41) is 14.6. The minimum Gasteiger partial charge on any atom is -0.478 e. The number of aromatic carboxylic acids is 1. The minimum absolute atomic E-state index is 0.0127. The average Bonchev–Trinajstić information content (AvgIpc) is 3.17. The van der Waals surface area contributed by atoms with Crippen LogP contribution in [0.15, 0.2) is 66.7 Å². The van der Waals surface area contributed by atoms with E-state index in [1.165, 1.54) is 18.2 Å². The van der Waals surface area contributed by atoms with E-state index in [0.717, 1.165) is 22.3 Å². The lowest BCUT2D eigenvalue weighted by molar-refractivity contribution is -0.118. The summed E-state index contributed by atoms with van der Waals surface area (Å²) >= 11 is 6.12. The first kappa shape index (κ1) is 24.3. The molecule has 0 aromatic heterocycles. The first-order chi connectivity index (χ1) is 16.9. The number of carboxylic acids is 1. The molecule has 7 nitrogen and oxygen atoms in total. The quantitative estimate of drug-likeness (QED) is 0.375. The number of amides is 2. The minimum atomic E-state index is -1.14. The Morgan fingerprint density at radius 1 is 1.00 bits per heavy atom. The number of fused-ring (bicyclic) bond motifs is 3. The molecule has 8 heteroatoms. The largest absolute Gasteiger partial charge is 0.478 e. The number of alkyl carbamates (subject to hydrolysis) is 1. The van der Waals surface area contributed by atoms with E-state index in [1.54, 1.807) is 0 Å². The van der Waals surface area contributed by atoms with Crippen molar-refractivity contribution in [2.45, 2.75) is 31.7 Å². The first-order valence-electron chi connectivity index (χ1n) is 11.3. The van der Waals surface area contributed by atoms with Gasteiger partial charge >= 0.3 is 12.1 Å². The number of carboxylic acid groups (broad SMARTS) is 1. The Kier molecular flexibility index (Phi) is 7.36. The molecule has 0 saturated heterocycles. The Balaban J connectivity index is 1.42. The third-order valence-electron chi connectivity index (χ3n) is 6.00. The van der Waals surface area contributed by atoms with E-state index in [-0.39, 0.29) is 28.8 Å². The number of halogens is 1. The van der Waals surface area contributed by atoms with Crippen molar-refractivity contribution in [3.63, 3.8) is 0 Å². The van der Waals surface area contributed by atoms with Crippen LogP contribution >= 0.6 is 11.6 Å². The summed E-state index contributed by atoms with van der Waals surface area (Å²) < 4.78 is 5.56. The fourth-order valence-corrected chi connectivity index (χ4v) is 4.48. The molecule has 35 heavy (non-hydrogen) atoms. The maximum absolute atomic E-state index is 12.9. The van der Waals surface area contributed by atoms with E-state index in [4.69, 9.17) is 16.3 Å². The molecule has 4 rings (SSSR count). The van der Waals surface area contributed by atoms with E-state index >= 15 is 0 Å². The average molecular weight is 493 g/mol. The zero-order chi connectivity index (χ0) is 24.9. The van der Waals surface area contributed by atoms with Crippen molar-refractivity contribution in [1.82, 2.24) is 5.32 Å². The van der Waals surface area contributed by atoms with Gasteiger partial charge in [-0.1, -0.05) is 73.5 Å². The van der Waals surface area contributed by atoms with E-state index in [9.17, 15) is 19.5 Å². The van der Waals surface area contributed by atoms with Crippen LogP contribution < -0.4 is 10.6 Å². The monoisotopic (exact) mass is 492 g/mol. The van der Waals surface area contributed by atoms with E-state index in [2.05, 4.69) is 22.8 Å². The van der Waals surface area contributed by atoms with Gasteiger partial charge in [-0.25, -0.2) is 9.59 Å². The molecular formula is C27H25ClN2O5. The van der Waals surface area contributed by atoms with E-state index < -0.39 is 24.0 Å². The first-order valence-corrected chi connectivity index (χ1v) is 11.7. The smallest absolute Gasteiger partial charge is 0.407 e. The van der Waals surface area contributed by atoms with Gasteiger partial charge in [0.05, 0.1) is 16.3 Å². The number of carbonyl (C=O) groups is 3. The molecule has 1 atom stereocenters. The summed E-state index contributed by atoms with van der Waals surface area (Å²) in [7, 11) is 0. The highest BCUT2D eigenvalue weighted by Gasteiger charge is 2.29. The number of anilines is 1. The third kappa shape index (κ3) is 5.30. The van der Waals surface area contributed by atoms with Gasteiger partial charge in [-0.15, -0.1) is 0 Å². The summed E-state index contributed by atoms with van der Waals surface area (Å²) in [5.74, 6) is -1.74. The topological polar surface area (TPSA) is 105 Å². The van der Waals surface area contributed by atoms with Crippen molar-refractivity contribution in [2.24, 2.45) is 0 Å². The van der Waals surface area contributed by atoms with E-state index in [0.29, 0.717) is 12.8 Å². The zero-order valence-electron chi connectivity index (χ0n) is 19.1. The predicted molar refractivity (Wildman–Crippen MR) is 134 cm³/mol. The molecule has 0 bridgehead atoms. The normalized spacial score (nSPS) is 12.9. The second-order valence-corrected chi connectivity index (χ2v) is 8.71. The van der Waals surface area contributed by atoms with Crippen molar-refractivity contribution in [1.29, 1.82) is 0 Å². The molecule has 3 aromatic carbocycles. The summed E-state index contributed by atoms with van der Waals surface area (Å²) in [5.41, 5.74) is 4.59. The number of rotatable bonds is 8. The fourth-order valence-electron chi connectivity index (χ4n) is 4.31. The van der Waals surface area contributed by atoms with Gasteiger partial charge in [-0.2, -0.15) is 0 Å². The lowest BCUT2D eigenvalue weighted by Crippen LogP contribution is -2.44. The molecule has 3 N–H and O–H groups in total. The van der Waals surface area contributed by atoms with Crippen LogP contribution in [0, 0.1) is 0 Å². The Hall–Kier alpha value is -3.84. The van der Waals surface area contributed by atoms with Gasteiger partial charge in [0.15, 0.2) is 0 Å². The van der Waals surface area contributed by atoms with E-state index in [1.807, 2.05) is 43.3 Å². The molecule has 180 valence electrons. The van der Waals surface area contributed by atoms with Gasteiger partial charge < -0.3 is 20.5 Å². The molecule has 0 radical (unpaired) electrons.